The minimum absolute atomic E-state index is 0.109. The third-order valence-electron chi connectivity index (χ3n) is 1.08. The van der Waals surface area contributed by atoms with Crippen molar-refractivity contribution in [3.8, 4) is 0 Å². The van der Waals surface area contributed by atoms with E-state index in [0.717, 1.165) is 5.01 Å². The van der Waals surface area contributed by atoms with E-state index in [4.69, 9.17) is 5.84 Å². The number of aromatic nitrogens is 2. The van der Waals surface area contributed by atoms with E-state index in [1.165, 1.54) is 19.4 Å². The Labute approximate surface area is 63.8 Å². The van der Waals surface area contributed by atoms with E-state index >= 15 is 0 Å². The van der Waals surface area contributed by atoms with Crippen LogP contribution in [0.3, 0.4) is 0 Å². The predicted molar refractivity (Wildman–Crippen MR) is 38.3 cm³/mol. The summed E-state index contributed by atoms with van der Waals surface area (Å²) >= 11 is 0. The summed E-state index contributed by atoms with van der Waals surface area (Å²) in [5, 5.41) is 0.940. The van der Waals surface area contributed by atoms with Crippen LogP contribution in [-0.4, -0.2) is 27.9 Å². The van der Waals surface area contributed by atoms with Gasteiger partial charge in [-0.15, -0.1) is 0 Å². The summed E-state index contributed by atoms with van der Waals surface area (Å²) in [6.07, 6.45) is 2.98. The summed E-state index contributed by atoms with van der Waals surface area (Å²) in [7, 11) is 1.44. The molecule has 0 aromatic carbocycles. The van der Waals surface area contributed by atoms with Gasteiger partial charge in [-0.25, -0.2) is 15.8 Å². The highest BCUT2D eigenvalue weighted by Gasteiger charge is 2.09. The van der Waals surface area contributed by atoms with E-state index in [9.17, 15) is 4.79 Å². The van der Waals surface area contributed by atoms with Crippen LogP contribution in [0.4, 0.5) is 0 Å². The van der Waals surface area contributed by atoms with Gasteiger partial charge in [0.1, 0.15) is 0 Å². The predicted octanol–water partition coefficient (Wildman–Crippen LogP) is -0.578. The molecule has 2 N–H and O–H groups in total. The van der Waals surface area contributed by atoms with Gasteiger partial charge in [0.25, 0.3) is 0 Å². The molecular formula is C6H8N4O. The maximum absolute atomic E-state index is 11.0. The molecule has 0 radical (unpaired) electrons. The summed E-state index contributed by atoms with van der Waals surface area (Å²) in [6, 6.07) is 1.63. The van der Waals surface area contributed by atoms with Crippen LogP contribution in [-0.2, 0) is 0 Å². The molecule has 1 heterocycles. The fraction of sp³-hybridized carbons (Fsp3) is 0.167. The fourth-order valence-corrected chi connectivity index (χ4v) is 0.567. The Morgan fingerprint density at radius 2 is 2.09 bits per heavy atom. The van der Waals surface area contributed by atoms with Gasteiger partial charge in [-0.05, 0) is 6.07 Å². The maximum Gasteiger partial charge on any atom is 0.305 e. The molecule has 58 valence electrons. The van der Waals surface area contributed by atoms with Gasteiger partial charge >= 0.3 is 5.91 Å². The molecule has 0 atom stereocenters. The SMILES string of the molecule is CN(N)C(=O)c1ncccn1. The highest BCUT2D eigenvalue weighted by Crippen LogP contribution is 1.89. The second kappa shape index (κ2) is 3.07. The molecule has 1 rings (SSSR count). The number of hydrogen-bond acceptors (Lipinski definition) is 4. The molecule has 5 heteroatoms. The largest absolute Gasteiger partial charge is 0.305 e. The Kier molecular flexibility index (Phi) is 2.12. The van der Waals surface area contributed by atoms with E-state index in [-0.39, 0.29) is 5.82 Å². The molecule has 0 fully saturated rings. The zero-order valence-electron chi connectivity index (χ0n) is 6.06. The van der Waals surface area contributed by atoms with Crippen molar-refractivity contribution in [3.05, 3.63) is 24.3 Å². The lowest BCUT2D eigenvalue weighted by atomic mass is 10.5. The zero-order chi connectivity index (χ0) is 8.27. The third kappa shape index (κ3) is 1.71. The van der Waals surface area contributed by atoms with Crippen LogP contribution in [0.5, 0.6) is 0 Å². The normalized spacial score (nSPS) is 9.27. The molecule has 0 unspecified atom stereocenters. The van der Waals surface area contributed by atoms with Gasteiger partial charge in [-0.1, -0.05) is 0 Å². The molecule has 0 aliphatic heterocycles. The van der Waals surface area contributed by atoms with Crippen LogP contribution in [0.1, 0.15) is 10.6 Å². The van der Waals surface area contributed by atoms with Gasteiger partial charge in [0.2, 0.25) is 5.82 Å². The lowest BCUT2D eigenvalue weighted by Crippen LogP contribution is -2.34. The van der Waals surface area contributed by atoms with Gasteiger partial charge in [0.05, 0.1) is 0 Å². The summed E-state index contributed by atoms with van der Waals surface area (Å²) in [6.45, 7) is 0. The topological polar surface area (TPSA) is 72.1 Å². The van der Waals surface area contributed by atoms with Gasteiger partial charge in [-0.3, -0.25) is 9.80 Å². The second-order valence-electron chi connectivity index (χ2n) is 1.99. The Morgan fingerprint density at radius 1 is 1.55 bits per heavy atom. The lowest BCUT2D eigenvalue weighted by molar-refractivity contribution is 0.0783. The van der Waals surface area contributed by atoms with Crippen LogP contribution >= 0.6 is 0 Å². The number of amides is 1. The number of nitrogens with zero attached hydrogens (tertiary/aromatic N) is 3. The van der Waals surface area contributed by atoms with E-state index in [1.54, 1.807) is 6.07 Å². The number of rotatable bonds is 1. The van der Waals surface area contributed by atoms with Crippen molar-refractivity contribution in [2.24, 2.45) is 5.84 Å². The second-order valence-corrected chi connectivity index (χ2v) is 1.99. The van der Waals surface area contributed by atoms with Crippen molar-refractivity contribution in [2.75, 3.05) is 7.05 Å². The van der Waals surface area contributed by atoms with Gasteiger partial charge < -0.3 is 0 Å². The molecule has 5 nitrogen and oxygen atoms in total. The first-order chi connectivity index (χ1) is 5.22. The highest BCUT2D eigenvalue weighted by atomic mass is 16.2. The maximum atomic E-state index is 11.0. The number of carbonyl (C=O) groups is 1. The monoisotopic (exact) mass is 152 g/mol. The number of hydrazine groups is 1. The van der Waals surface area contributed by atoms with Gasteiger partial charge in [-0.2, -0.15) is 0 Å². The third-order valence-corrected chi connectivity index (χ3v) is 1.08. The molecular weight excluding hydrogens is 144 g/mol. The zero-order valence-corrected chi connectivity index (χ0v) is 6.06. The molecule has 0 aliphatic rings. The van der Waals surface area contributed by atoms with Crippen molar-refractivity contribution in [2.45, 2.75) is 0 Å². The molecule has 11 heavy (non-hydrogen) atoms. The molecule has 0 saturated heterocycles. The van der Waals surface area contributed by atoms with Crippen molar-refractivity contribution in [3.63, 3.8) is 0 Å². The molecule has 0 bridgehead atoms. The Hall–Kier alpha value is -1.49. The fourth-order valence-electron chi connectivity index (χ4n) is 0.567. The first-order valence-corrected chi connectivity index (χ1v) is 3.01. The van der Waals surface area contributed by atoms with E-state index in [1.807, 2.05) is 0 Å². The van der Waals surface area contributed by atoms with Crippen LogP contribution in [0.15, 0.2) is 18.5 Å². The minimum atomic E-state index is -0.398. The number of nitrogens with two attached hydrogens (primary N) is 1. The van der Waals surface area contributed by atoms with Crippen LogP contribution < -0.4 is 5.84 Å². The van der Waals surface area contributed by atoms with Crippen molar-refractivity contribution in [1.82, 2.24) is 15.0 Å². The van der Waals surface area contributed by atoms with Crippen molar-refractivity contribution < 1.29 is 4.79 Å². The molecule has 1 amide bonds. The molecule has 0 aliphatic carbocycles. The van der Waals surface area contributed by atoms with Crippen molar-refractivity contribution in [1.29, 1.82) is 0 Å². The Bertz CT molecular complexity index is 246. The quantitative estimate of drug-likeness (QED) is 0.332. The number of hydrogen-bond donors (Lipinski definition) is 1. The van der Waals surface area contributed by atoms with Gasteiger partial charge in [0, 0.05) is 19.4 Å². The van der Waals surface area contributed by atoms with Crippen LogP contribution in [0.2, 0.25) is 0 Å². The first kappa shape index (κ1) is 7.62. The molecule has 1 aromatic heterocycles. The van der Waals surface area contributed by atoms with E-state index in [2.05, 4.69) is 9.97 Å². The lowest BCUT2D eigenvalue weighted by Gasteiger charge is -2.06. The standard InChI is InChI=1S/C6H8N4O/c1-10(7)6(11)5-8-3-2-4-9-5/h2-4H,7H2,1H3. The molecule has 1 aromatic rings. The highest BCUT2D eigenvalue weighted by molar-refractivity contribution is 5.89. The Balaban J connectivity index is 2.86. The molecule has 0 saturated carbocycles. The van der Waals surface area contributed by atoms with Crippen molar-refractivity contribution >= 4 is 5.91 Å². The summed E-state index contributed by atoms with van der Waals surface area (Å²) in [5.41, 5.74) is 0. The van der Waals surface area contributed by atoms with Gasteiger partial charge in [0.15, 0.2) is 0 Å². The molecule has 0 spiro atoms. The summed E-state index contributed by atoms with van der Waals surface area (Å²) in [5.74, 6) is 4.88. The first-order valence-electron chi connectivity index (χ1n) is 3.01. The smallest absolute Gasteiger partial charge is 0.277 e. The Morgan fingerprint density at radius 3 is 2.55 bits per heavy atom. The average molecular weight is 152 g/mol. The van der Waals surface area contributed by atoms with E-state index in [0.29, 0.717) is 0 Å². The number of carbonyl (C=O) groups excluding carboxylic acids is 1. The van der Waals surface area contributed by atoms with E-state index < -0.39 is 5.91 Å². The summed E-state index contributed by atoms with van der Waals surface area (Å²) < 4.78 is 0. The van der Waals surface area contributed by atoms with Crippen LogP contribution in [0.25, 0.3) is 0 Å². The average Bonchev–Trinajstić information content (AvgIpc) is 2.05. The summed E-state index contributed by atoms with van der Waals surface area (Å²) in [4.78, 5) is 18.5. The van der Waals surface area contributed by atoms with Crippen LogP contribution in [0, 0.1) is 0 Å². The minimum Gasteiger partial charge on any atom is -0.277 e.